The van der Waals surface area contributed by atoms with E-state index in [0.29, 0.717) is 18.1 Å². The lowest BCUT2D eigenvalue weighted by atomic mass is 10.3. The molecule has 96 valence electrons. The number of aromatic amines is 1. The van der Waals surface area contributed by atoms with Crippen molar-refractivity contribution >= 4 is 9.84 Å². The zero-order chi connectivity index (χ0) is 13.2. The number of H-pyrrole nitrogens is 1. The van der Waals surface area contributed by atoms with Crippen LogP contribution in [0.5, 0.6) is 0 Å². The molecule has 18 heavy (non-hydrogen) atoms. The molecule has 0 bridgehead atoms. The fraction of sp³-hybridized carbons (Fsp3) is 0.364. The summed E-state index contributed by atoms with van der Waals surface area (Å²) >= 11 is 0. The van der Waals surface area contributed by atoms with Crippen LogP contribution >= 0.6 is 0 Å². The lowest BCUT2D eigenvalue weighted by Crippen LogP contribution is -2.08. The minimum atomic E-state index is -3.47. The van der Waals surface area contributed by atoms with E-state index in [2.05, 4.69) is 20.2 Å². The van der Waals surface area contributed by atoms with E-state index in [1.54, 1.807) is 6.07 Å². The van der Waals surface area contributed by atoms with Crippen LogP contribution in [-0.4, -0.2) is 28.6 Å². The Morgan fingerprint density at radius 1 is 1.33 bits per heavy atom. The normalized spacial score (nSPS) is 11.7. The summed E-state index contributed by atoms with van der Waals surface area (Å²) < 4.78 is 24.1. The molecule has 2 aromatic heterocycles. The van der Waals surface area contributed by atoms with Gasteiger partial charge in [0.2, 0.25) is 9.84 Å². The van der Waals surface area contributed by atoms with Gasteiger partial charge >= 0.3 is 0 Å². The second-order valence-electron chi connectivity index (χ2n) is 3.98. The van der Waals surface area contributed by atoms with Crippen molar-refractivity contribution in [2.75, 3.05) is 0 Å². The Bertz CT molecular complexity index is 631. The minimum absolute atomic E-state index is 0.0579. The third kappa shape index (κ3) is 2.73. The van der Waals surface area contributed by atoms with E-state index < -0.39 is 9.84 Å². The summed E-state index contributed by atoms with van der Waals surface area (Å²) in [7, 11) is -3.47. The van der Waals surface area contributed by atoms with Gasteiger partial charge in [-0.25, -0.2) is 18.4 Å². The largest absolute Gasteiger partial charge is 0.262 e. The number of pyridine rings is 1. The number of nitrogens with zero attached hydrogens (tertiary/aromatic N) is 3. The van der Waals surface area contributed by atoms with E-state index in [9.17, 15) is 8.42 Å². The van der Waals surface area contributed by atoms with E-state index in [0.717, 1.165) is 5.56 Å². The molecular formula is C11H14N4O2S. The highest BCUT2D eigenvalue weighted by molar-refractivity contribution is 7.90. The Balaban J connectivity index is 2.24. The van der Waals surface area contributed by atoms with Crippen LogP contribution in [0.1, 0.15) is 24.1 Å². The molecular weight excluding hydrogens is 252 g/mol. The van der Waals surface area contributed by atoms with Gasteiger partial charge in [-0.2, -0.15) is 5.10 Å². The molecule has 2 heterocycles. The molecule has 1 N–H and O–H groups in total. The molecule has 0 aliphatic rings. The number of hydrogen-bond donors (Lipinski definition) is 1. The van der Waals surface area contributed by atoms with Crippen LogP contribution in [0.2, 0.25) is 0 Å². The molecule has 6 nitrogen and oxygen atoms in total. The lowest BCUT2D eigenvalue weighted by Gasteiger charge is -2.01. The molecule has 2 aromatic rings. The fourth-order valence-electron chi connectivity index (χ4n) is 1.45. The predicted octanol–water partition coefficient (Wildman–Crippen LogP) is 1.04. The summed E-state index contributed by atoms with van der Waals surface area (Å²) in [5, 5.41) is 6.59. The van der Waals surface area contributed by atoms with Crippen LogP contribution in [-0.2, 0) is 22.0 Å². The van der Waals surface area contributed by atoms with Crippen molar-refractivity contribution in [2.45, 2.75) is 31.0 Å². The van der Waals surface area contributed by atoms with Crippen molar-refractivity contribution < 1.29 is 8.42 Å². The Hall–Kier alpha value is -1.76. The summed E-state index contributed by atoms with van der Waals surface area (Å²) in [6, 6.07) is 3.22. The third-order valence-corrected chi connectivity index (χ3v) is 3.96. The van der Waals surface area contributed by atoms with Gasteiger partial charge in [0.25, 0.3) is 0 Å². The lowest BCUT2D eigenvalue weighted by molar-refractivity contribution is 0.590. The molecule has 0 atom stereocenters. The van der Waals surface area contributed by atoms with Gasteiger partial charge < -0.3 is 0 Å². The van der Waals surface area contributed by atoms with Gasteiger partial charge in [0.15, 0.2) is 5.03 Å². The van der Waals surface area contributed by atoms with Crippen molar-refractivity contribution in [2.24, 2.45) is 0 Å². The number of hydrogen-bond acceptors (Lipinski definition) is 5. The van der Waals surface area contributed by atoms with Gasteiger partial charge in [-0.1, -0.05) is 13.0 Å². The van der Waals surface area contributed by atoms with Crippen LogP contribution in [0.4, 0.5) is 0 Å². The van der Waals surface area contributed by atoms with Crippen LogP contribution in [0.25, 0.3) is 0 Å². The Labute approximate surface area is 105 Å². The smallest absolute Gasteiger partial charge is 0.202 e. The molecule has 0 unspecified atom stereocenters. The molecule has 0 aliphatic heterocycles. The molecule has 0 saturated heterocycles. The number of nitrogens with one attached hydrogen (secondary N) is 1. The van der Waals surface area contributed by atoms with Gasteiger partial charge in [-0.05, 0) is 18.6 Å². The summed E-state index contributed by atoms with van der Waals surface area (Å²) in [5.74, 6) is 0.738. The first kappa shape index (κ1) is 12.7. The number of sulfone groups is 1. The minimum Gasteiger partial charge on any atom is -0.262 e. The Morgan fingerprint density at radius 3 is 2.67 bits per heavy atom. The van der Waals surface area contributed by atoms with Gasteiger partial charge in [0, 0.05) is 12.6 Å². The van der Waals surface area contributed by atoms with Gasteiger partial charge in [-0.3, -0.25) is 5.10 Å². The second kappa shape index (κ2) is 4.85. The fourth-order valence-corrected chi connectivity index (χ4v) is 2.58. The maximum absolute atomic E-state index is 12.1. The van der Waals surface area contributed by atoms with Crippen LogP contribution < -0.4 is 0 Å². The standard InChI is InChI=1S/C11H14N4O2S/c1-3-9-13-10(15-14-9)7-18(16,17)11-5-4-8(2)6-12-11/h4-6H,3,7H2,1-2H3,(H,13,14,15). The van der Waals surface area contributed by atoms with E-state index in [-0.39, 0.29) is 10.8 Å². The number of aromatic nitrogens is 4. The quantitative estimate of drug-likeness (QED) is 0.893. The molecule has 0 saturated carbocycles. The molecule has 0 radical (unpaired) electrons. The molecule has 0 amide bonds. The number of aryl methyl sites for hydroxylation is 2. The highest BCUT2D eigenvalue weighted by Gasteiger charge is 2.18. The van der Waals surface area contributed by atoms with Crippen molar-refractivity contribution in [1.29, 1.82) is 0 Å². The van der Waals surface area contributed by atoms with E-state index in [4.69, 9.17) is 0 Å². The van der Waals surface area contributed by atoms with Crippen LogP contribution in [0.15, 0.2) is 23.4 Å². The van der Waals surface area contributed by atoms with E-state index >= 15 is 0 Å². The predicted molar refractivity (Wildman–Crippen MR) is 65.6 cm³/mol. The topological polar surface area (TPSA) is 88.6 Å². The maximum atomic E-state index is 12.1. The van der Waals surface area contributed by atoms with Crippen LogP contribution in [0.3, 0.4) is 0 Å². The zero-order valence-corrected chi connectivity index (χ0v) is 11.0. The molecule has 7 heteroatoms. The monoisotopic (exact) mass is 266 g/mol. The summed E-state index contributed by atoms with van der Waals surface area (Å²) in [6.07, 6.45) is 2.20. The van der Waals surface area contributed by atoms with Crippen LogP contribution in [0, 0.1) is 6.92 Å². The van der Waals surface area contributed by atoms with Gasteiger partial charge in [-0.15, -0.1) is 0 Å². The Morgan fingerprint density at radius 2 is 2.11 bits per heavy atom. The molecule has 2 rings (SSSR count). The molecule has 0 spiro atoms. The highest BCUT2D eigenvalue weighted by atomic mass is 32.2. The van der Waals surface area contributed by atoms with Gasteiger partial charge in [0.1, 0.15) is 17.4 Å². The second-order valence-corrected chi connectivity index (χ2v) is 5.92. The maximum Gasteiger partial charge on any atom is 0.202 e. The van der Waals surface area contributed by atoms with Gasteiger partial charge in [0.05, 0.1) is 0 Å². The first-order chi connectivity index (χ1) is 8.51. The van der Waals surface area contributed by atoms with Crippen molar-refractivity contribution in [3.8, 4) is 0 Å². The van der Waals surface area contributed by atoms with Crippen molar-refractivity contribution in [1.82, 2.24) is 20.2 Å². The Kier molecular flexibility index (Phi) is 3.42. The third-order valence-electron chi connectivity index (χ3n) is 2.42. The van der Waals surface area contributed by atoms with Crippen molar-refractivity contribution in [3.63, 3.8) is 0 Å². The highest BCUT2D eigenvalue weighted by Crippen LogP contribution is 2.12. The SMILES string of the molecule is CCc1n[nH]c(CS(=O)(=O)c2ccc(C)cn2)n1. The average molecular weight is 266 g/mol. The molecule has 0 aliphatic carbocycles. The van der Waals surface area contributed by atoms with E-state index in [1.165, 1.54) is 12.3 Å². The molecule has 0 fully saturated rings. The summed E-state index contributed by atoms with van der Waals surface area (Å²) in [6.45, 7) is 3.76. The summed E-state index contributed by atoms with van der Waals surface area (Å²) in [5.41, 5.74) is 0.918. The first-order valence-electron chi connectivity index (χ1n) is 5.57. The van der Waals surface area contributed by atoms with E-state index in [1.807, 2.05) is 13.8 Å². The zero-order valence-electron chi connectivity index (χ0n) is 10.2. The first-order valence-corrected chi connectivity index (χ1v) is 7.22. The summed E-state index contributed by atoms with van der Waals surface area (Å²) in [4.78, 5) is 8.01. The molecule has 0 aromatic carbocycles. The number of rotatable bonds is 4. The average Bonchev–Trinajstić information content (AvgIpc) is 2.76. The van der Waals surface area contributed by atoms with Crippen molar-refractivity contribution in [3.05, 3.63) is 35.5 Å².